The van der Waals surface area contributed by atoms with Crippen molar-refractivity contribution < 1.29 is 17.9 Å². The number of sulfonamides is 1. The molecule has 1 aliphatic rings. The fraction of sp³-hybridized carbons (Fsp3) is 0.409. The monoisotopic (exact) mass is 484 g/mol. The molecule has 1 saturated heterocycles. The first-order valence-corrected chi connectivity index (χ1v) is 12.6. The van der Waals surface area contributed by atoms with Gasteiger partial charge in [0.1, 0.15) is 5.75 Å². The van der Waals surface area contributed by atoms with Crippen LogP contribution in [0.5, 0.6) is 5.75 Å². The quantitative estimate of drug-likeness (QED) is 0.607. The number of ether oxygens (including phenoxy) is 1. The molecule has 1 fully saturated rings. The summed E-state index contributed by atoms with van der Waals surface area (Å²) in [5, 5.41) is 3.75. The van der Waals surface area contributed by atoms with E-state index in [0.717, 1.165) is 11.3 Å². The van der Waals surface area contributed by atoms with Crippen LogP contribution in [0.15, 0.2) is 42.5 Å². The highest BCUT2D eigenvalue weighted by molar-refractivity contribution is 7.88. The van der Waals surface area contributed by atoms with E-state index >= 15 is 0 Å². The van der Waals surface area contributed by atoms with E-state index in [1.54, 1.807) is 12.1 Å². The summed E-state index contributed by atoms with van der Waals surface area (Å²) in [5.41, 5.74) is 1.43. The second kappa shape index (κ2) is 10.7. The van der Waals surface area contributed by atoms with Gasteiger partial charge in [-0.25, -0.2) is 12.7 Å². The van der Waals surface area contributed by atoms with E-state index in [9.17, 15) is 13.2 Å². The molecule has 9 heteroatoms. The van der Waals surface area contributed by atoms with E-state index in [2.05, 4.69) is 5.32 Å². The van der Waals surface area contributed by atoms with Gasteiger partial charge in [-0.3, -0.25) is 4.79 Å². The summed E-state index contributed by atoms with van der Waals surface area (Å²) in [6.07, 6.45) is 0.957. The van der Waals surface area contributed by atoms with Crippen LogP contribution >= 0.6 is 23.2 Å². The molecule has 0 spiro atoms. The van der Waals surface area contributed by atoms with Crippen molar-refractivity contribution >= 4 is 39.1 Å². The number of hydrogen-bond acceptors (Lipinski definition) is 4. The van der Waals surface area contributed by atoms with Gasteiger partial charge in [0.05, 0.1) is 12.4 Å². The lowest BCUT2D eigenvalue weighted by molar-refractivity contribution is -0.126. The number of hydrogen-bond donors (Lipinski definition) is 1. The molecule has 1 aliphatic heterocycles. The molecule has 168 valence electrons. The van der Waals surface area contributed by atoms with Crippen molar-refractivity contribution in [3.05, 3.63) is 63.6 Å². The number of nitrogens with zero attached hydrogens (tertiary/aromatic N) is 1. The molecule has 1 N–H and O–H groups in total. The van der Waals surface area contributed by atoms with E-state index in [4.69, 9.17) is 27.9 Å². The predicted octanol–water partition coefficient (Wildman–Crippen LogP) is 4.25. The number of piperidine rings is 1. The molecule has 0 radical (unpaired) electrons. The van der Waals surface area contributed by atoms with Crippen molar-refractivity contribution in [2.75, 3.05) is 19.7 Å². The Balaban J connectivity index is 1.53. The first-order chi connectivity index (χ1) is 14.8. The molecule has 0 atom stereocenters. The fourth-order valence-corrected chi connectivity index (χ4v) is 5.74. The zero-order valence-corrected chi connectivity index (χ0v) is 19.6. The summed E-state index contributed by atoms with van der Waals surface area (Å²) < 4.78 is 32.6. The Kier molecular flexibility index (Phi) is 8.22. The second-order valence-electron chi connectivity index (χ2n) is 7.42. The maximum atomic E-state index is 12.8. The third-order valence-corrected chi connectivity index (χ3v) is 7.71. The Hall–Kier alpha value is -1.80. The van der Waals surface area contributed by atoms with Gasteiger partial charge in [0.25, 0.3) is 0 Å². The molecule has 3 rings (SSSR count). The van der Waals surface area contributed by atoms with Gasteiger partial charge in [0.2, 0.25) is 15.9 Å². The molecule has 1 amide bonds. The van der Waals surface area contributed by atoms with Crippen molar-refractivity contribution in [2.45, 2.75) is 32.1 Å². The SMILES string of the molecule is CCOc1ccccc1CNC(=O)C1CCN(S(=O)(=O)Cc2ccc(Cl)cc2Cl)CC1. The van der Waals surface area contributed by atoms with Gasteiger partial charge in [-0.15, -0.1) is 0 Å². The lowest BCUT2D eigenvalue weighted by Gasteiger charge is -2.30. The van der Waals surface area contributed by atoms with Gasteiger partial charge in [0.15, 0.2) is 0 Å². The van der Waals surface area contributed by atoms with E-state index in [1.807, 2.05) is 31.2 Å². The van der Waals surface area contributed by atoms with Gasteiger partial charge in [0, 0.05) is 41.2 Å². The van der Waals surface area contributed by atoms with Crippen molar-refractivity contribution in [1.82, 2.24) is 9.62 Å². The van der Waals surface area contributed by atoms with Crippen molar-refractivity contribution in [3.63, 3.8) is 0 Å². The molecule has 6 nitrogen and oxygen atoms in total. The van der Waals surface area contributed by atoms with Crippen LogP contribution in [0.4, 0.5) is 0 Å². The summed E-state index contributed by atoms with van der Waals surface area (Å²) in [5.74, 6) is 0.287. The Bertz CT molecular complexity index is 1020. The van der Waals surface area contributed by atoms with Crippen LogP contribution in [-0.4, -0.2) is 38.3 Å². The number of halogens is 2. The van der Waals surface area contributed by atoms with Crippen molar-refractivity contribution in [2.24, 2.45) is 5.92 Å². The minimum absolute atomic E-state index is 0.0657. The number of benzene rings is 2. The highest BCUT2D eigenvalue weighted by atomic mass is 35.5. The molecule has 1 heterocycles. The molecule has 0 bridgehead atoms. The third-order valence-electron chi connectivity index (χ3n) is 5.30. The first-order valence-electron chi connectivity index (χ1n) is 10.2. The summed E-state index contributed by atoms with van der Waals surface area (Å²) in [6, 6.07) is 12.4. The molecule has 31 heavy (non-hydrogen) atoms. The van der Waals surface area contributed by atoms with Gasteiger partial charge in [-0.2, -0.15) is 0 Å². The van der Waals surface area contributed by atoms with E-state index in [0.29, 0.717) is 54.7 Å². The number of para-hydroxylation sites is 1. The van der Waals surface area contributed by atoms with Crippen LogP contribution in [0, 0.1) is 5.92 Å². The molecule has 0 aromatic heterocycles. The highest BCUT2D eigenvalue weighted by Crippen LogP contribution is 2.26. The lowest BCUT2D eigenvalue weighted by Crippen LogP contribution is -2.43. The molecule has 0 unspecified atom stereocenters. The highest BCUT2D eigenvalue weighted by Gasteiger charge is 2.31. The second-order valence-corrected chi connectivity index (χ2v) is 10.2. The van der Waals surface area contributed by atoms with E-state index in [1.165, 1.54) is 10.4 Å². The number of nitrogens with one attached hydrogen (secondary N) is 1. The molecular weight excluding hydrogens is 459 g/mol. The maximum Gasteiger partial charge on any atom is 0.223 e. The number of carbonyl (C=O) groups is 1. The first kappa shape index (κ1) is 23.9. The zero-order chi connectivity index (χ0) is 22.4. The van der Waals surface area contributed by atoms with Gasteiger partial charge in [-0.1, -0.05) is 47.5 Å². The Morgan fingerprint density at radius 3 is 2.52 bits per heavy atom. The van der Waals surface area contributed by atoms with Gasteiger partial charge in [-0.05, 0) is 43.5 Å². The van der Waals surface area contributed by atoms with Crippen molar-refractivity contribution in [3.8, 4) is 5.75 Å². The Morgan fingerprint density at radius 2 is 1.84 bits per heavy atom. The standard InChI is InChI=1S/C22H26Cl2N2O4S/c1-2-30-21-6-4-3-5-17(21)14-25-22(27)16-9-11-26(12-10-16)31(28,29)15-18-7-8-19(23)13-20(18)24/h3-8,13,16H,2,9-12,14-15H2,1H3,(H,25,27). The molecule has 2 aromatic carbocycles. The summed E-state index contributed by atoms with van der Waals surface area (Å²) >= 11 is 12.0. The Morgan fingerprint density at radius 1 is 1.13 bits per heavy atom. The van der Waals surface area contributed by atoms with Crippen LogP contribution in [-0.2, 0) is 27.1 Å². The summed E-state index contributed by atoms with van der Waals surface area (Å²) in [7, 11) is -3.53. The largest absolute Gasteiger partial charge is 0.494 e. The Labute approximate surface area is 193 Å². The fourth-order valence-electron chi connectivity index (χ4n) is 3.60. The van der Waals surface area contributed by atoms with Crippen LogP contribution in [0.3, 0.4) is 0 Å². The van der Waals surface area contributed by atoms with Crippen LogP contribution in [0.1, 0.15) is 30.9 Å². The number of rotatable bonds is 8. The third kappa shape index (κ3) is 6.35. The smallest absolute Gasteiger partial charge is 0.223 e. The van der Waals surface area contributed by atoms with Gasteiger partial charge >= 0.3 is 0 Å². The lowest BCUT2D eigenvalue weighted by atomic mass is 9.97. The van der Waals surface area contributed by atoms with Crippen LogP contribution < -0.4 is 10.1 Å². The minimum atomic E-state index is -3.53. The topological polar surface area (TPSA) is 75.7 Å². The minimum Gasteiger partial charge on any atom is -0.494 e. The van der Waals surface area contributed by atoms with E-state index < -0.39 is 10.0 Å². The molecule has 2 aromatic rings. The average Bonchev–Trinajstić information content (AvgIpc) is 2.75. The van der Waals surface area contributed by atoms with Crippen LogP contribution in [0.25, 0.3) is 0 Å². The molecule has 0 aliphatic carbocycles. The van der Waals surface area contributed by atoms with Crippen molar-refractivity contribution in [1.29, 1.82) is 0 Å². The number of amides is 1. The number of carbonyl (C=O) groups excluding carboxylic acids is 1. The maximum absolute atomic E-state index is 12.8. The van der Waals surface area contributed by atoms with Gasteiger partial charge < -0.3 is 10.1 Å². The summed E-state index contributed by atoms with van der Waals surface area (Å²) in [6.45, 7) is 3.46. The molecular formula is C22H26Cl2N2O4S. The summed E-state index contributed by atoms with van der Waals surface area (Å²) in [4.78, 5) is 12.6. The predicted molar refractivity (Wildman–Crippen MR) is 123 cm³/mol. The normalized spacial score (nSPS) is 15.6. The zero-order valence-electron chi connectivity index (χ0n) is 17.3. The van der Waals surface area contributed by atoms with Crippen LogP contribution in [0.2, 0.25) is 10.0 Å². The average molecular weight is 485 g/mol. The van der Waals surface area contributed by atoms with E-state index in [-0.39, 0.29) is 17.6 Å². The molecule has 0 saturated carbocycles.